The summed E-state index contributed by atoms with van der Waals surface area (Å²) in [4.78, 5) is 23.1. The molecule has 1 saturated heterocycles. The van der Waals surface area contributed by atoms with E-state index in [1.54, 1.807) is 11.0 Å². The van der Waals surface area contributed by atoms with Crippen molar-refractivity contribution in [3.63, 3.8) is 0 Å². The molecule has 6 heteroatoms. The third-order valence-corrected chi connectivity index (χ3v) is 3.94. The minimum Gasteiger partial charge on any atom is -0.378 e. The molecule has 24 heavy (non-hydrogen) atoms. The number of rotatable bonds is 4. The van der Waals surface area contributed by atoms with E-state index in [-0.39, 0.29) is 5.91 Å². The molecule has 0 atom stereocenters. The number of nitrogens with zero attached hydrogens (tertiary/aromatic N) is 3. The van der Waals surface area contributed by atoms with Crippen LogP contribution >= 0.6 is 0 Å². The number of aromatic nitrogens is 2. The lowest BCUT2D eigenvalue weighted by Crippen LogP contribution is -2.41. The quantitative estimate of drug-likeness (QED) is 0.933. The van der Waals surface area contributed by atoms with E-state index >= 15 is 0 Å². The van der Waals surface area contributed by atoms with Gasteiger partial charge in [-0.25, -0.2) is 9.97 Å². The number of aryl methyl sites for hydroxylation is 2. The maximum atomic E-state index is 12.6. The summed E-state index contributed by atoms with van der Waals surface area (Å²) in [6.45, 7) is 6.92. The molecular weight excluding hydrogens is 304 g/mol. The SMILES string of the molecule is Cc1ccc(CNc2nc(C)cc(C(=O)N3CCOCC3)n2)cc1. The third-order valence-electron chi connectivity index (χ3n) is 3.94. The van der Waals surface area contributed by atoms with Crippen LogP contribution in [0.15, 0.2) is 30.3 Å². The van der Waals surface area contributed by atoms with Crippen LogP contribution in [-0.4, -0.2) is 47.1 Å². The van der Waals surface area contributed by atoms with E-state index in [4.69, 9.17) is 4.74 Å². The van der Waals surface area contributed by atoms with Gasteiger partial charge in [0.1, 0.15) is 5.69 Å². The lowest BCUT2D eigenvalue weighted by atomic mass is 10.1. The molecule has 3 rings (SSSR count). The van der Waals surface area contributed by atoms with E-state index in [9.17, 15) is 4.79 Å². The fourth-order valence-corrected chi connectivity index (χ4v) is 2.57. The molecule has 1 aliphatic heterocycles. The maximum absolute atomic E-state index is 12.6. The van der Waals surface area contributed by atoms with Crippen molar-refractivity contribution >= 4 is 11.9 Å². The largest absolute Gasteiger partial charge is 0.378 e. The maximum Gasteiger partial charge on any atom is 0.272 e. The molecule has 126 valence electrons. The second-order valence-corrected chi connectivity index (χ2v) is 5.96. The number of carbonyl (C=O) groups is 1. The first-order valence-corrected chi connectivity index (χ1v) is 8.14. The van der Waals surface area contributed by atoms with E-state index in [0.717, 1.165) is 11.3 Å². The number of benzene rings is 1. The van der Waals surface area contributed by atoms with Crippen molar-refractivity contribution < 1.29 is 9.53 Å². The number of amides is 1. The molecular formula is C18H22N4O2. The van der Waals surface area contributed by atoms with Crippen LogP contribution < -0.4 is 5.32 Å². The Kier molecular flexibility index (Phi) is 5.05. The van der Waals surface area contributed by atoms with Crippen molar-refractivity contribution in [2.45, 2.75) is 20.4 Å². The van der Waals surface area contributed by atoms with Crippen molar-refractivity contribution in [1.29, 1.82) is 0 Å². The Balaban J connectivity index is 1.71. The zero-order valence-electron chi connectivity index (χ0n) is 14.1. The summed E-state index contributed by atoms with van der Waals surface area (Å²) in [6, 6.07) is 10.0. The monoisotopic (exact) mass is 326 g/mol. The molecule has 0 spiro atoms. The second-order valence-electron chi connectivity index (χ2n) is 5.96. The minimum absolute atomic E-state index is 0.0674. The summed E-state index contributed by atoms with van der Waals surface area (Å²) in [5.41, 5.74) is 3.57. The van der Waals surface area contributed by atoms with Gasteiger partial charge < -0.3 is 15.0 Å². The van der Waals surface area contributed by atoms with Crippen LogP contribution in [0.4, 0.5) is 5.95 Å². The van der Waals surface area contributed by atoms with Gasteiger partial charge in [0.05, 0.1) is 13.2 Å². The van der Waals surface area contributed by atoms with E-state index in [1.807, 2.05) is 6.92 Å². The van der Waals surface area contributed by atoms with Gasteiger partial charge in [0.15, 0.2) is 0 Å². The predicted octanol–water partition coefficient (Wildman–Crippen LogP) is 2.18. The highest BCUT2D eigenvalue weighted by Gasteiger charge is 2.20. The van der Waals surface area contributed by atoms with Gasteiger partial charge in [-0.05, 0) is 25.5 Å². The number of ether oxygens (including phenoxy) is 1. The Morgan fingerprint density at radius 2 is 1.88 bits per heavy atom. The Morgan fingerprint density at radius 1 is 1.17 bits per heavy atom. The molecule has 0 radical (unpaired) electrons. The Bertz CT molecular complexity index is 709. The number of morpholine rings is 1. The van der Waals surface area contributed by atoms with Crippen LogP contribution in [-0.2, 0) is 11.3 Å². The molecule has 0 aliphatic carbocycles. The molecule has 1 aliphatic rings. The summed E-state index contributed by atoms with van der Waals surface area (Å²) in [7, 11) is 0. The topological polar surface area (TPSA) is 67.4 Å². The lowest BCUT2D eigenvalue weighted by molar-refractivity contribution is 0.0299. The summed E-state index contributed by atoms with van der Waals surface area (Å²) < 4.78 is 5.29. The Morgan fingerprint density at radius 3 is 2.58 bits per heavy atom. The van der Waals surface area contributed by atoms with Gasteiger partial charge in [0, 0.05) is 25.3 Å². The zero-order chi connectivity index (χ0) is 16.9. The molecule has 1 aromatic carbocycles. The van der Waals surface area contributed by atoms with Crippen molar-refractivity contribution in [1.82, 2.24) is 14.9 Å². The average molecular weight is 326 g/mol. The normalized spacial score (nSPS) is 14.5. The summed E-state index contributed by atoms with van der Waals surface area (Å²) >= 11 is 0. The highest BCUT2D eigenvalue weighted by Crippen LogP contribution is 2.11. The number of anilines is 1. The first-order chi connectivity index (χ1) is 11.6. The second kappa shape index (κ2) is 7.40. The molecule has 1 fully saturated rings. The van der Waals surface area contributed by atoms with Gasteiger partial charge in [0.25, 0.3) is 5.91 Å². The molecule has 2 heterocycles. The molecule has 1 amide bonds. The van der Waals surface area contributed by atoms with Gasteiger partial charge in [-0.3, -0.25) is 4.79 Å². The number of hydrogen-bond acceptors (Lipinski definition) is 5. The van der Waals surface area contributed by atoms with Crippen LogP contribution in [0.5, 0.6) is 0 Å². The van der Waals surface area contributed by atoms with Crippen LogP contribution in [0.2, 0.25) is 0 Å². The molecule has 0 saturated carbocycles. The van der Waals surface area contributed by atoms with Gasteiger partial charge in [0.2, 0.25) is 5.95 Å². The molecule has 2 aromatic rings. The highest BCUT2D eigenvalue weighted by atomic mass is 16.5. The van der Waals surface area contributed by atoms with Crippen LogP contribution in [0.1, 0.15) is 27.3 Å². The van der Waals surface area contributed by atoms with Gasteiger partial charge in [-0.2, -0.15) is 0 Å². The molecule has 0 bridgehead atoms. The van der Waals surface area contributed by atoms with Crippen molar-refractivity contribution in [2.24, 2.45) is 0 Å². The fraction of sp³-hybridized carbons (Fsp3) is 0.389. The smallest absolute Gasteiger partial charge is 0.272 e. The van der Waals surface area contributed by atoms with Crippen molar-refractivity contribution in [2.75, 3.05) is 31.6 Å². The minimum atomic E-state index is -0.0674. The average Bonchev–Trinajstić information content (AvgIpc) is 2.61. The van der Waals surface area contributed by atoms with Crippen molar-refractivity contribution in [3.8, 4) is 0 Å². The Hall–Kier alpha value is -2.47. The molecule has 1 N–H and O–H groups in total. The van der Waals surface area contributed by atoms with E-state index in [1.165, 1.54) is 5.56 Å². The summed E-state index contributed by atoms with van der Waals surface area (Å²) in [5.74, 6) is 0.411. The van der Waals surface area contributed by atoms with Crippen LogP contribution in [0.3, 0.4) is 0 Å². The van der Waals surface area contributed by atoms with Crippen LogP contribution in [0, 0.1) is 13.8 Å². The zero-order valence-corrected chi connectivity index (χ0v) is 14.1. The molecule has 0 unspecified atom stereocenters. The van der Waals surface area contributed by atoms with E-state index < -0.39 is 0 Å². The number of nitrogens with one attached hydrogen (secondary N) is 1. The van der Waals surface area contributed by atoms with E-state index in [2.05, 4.69) is 46.5 Å². The Labute approximate surface area is 141 Å². The fourth-order valence-electron chi connectivity index (χ4n) is 2.57. The molecule has 1 aromatic heterocycles. The first kappa shape index (κ1) is 16.4. The first-order valence-electron chi connectivity index (χ1n) is 8.14. The molecule has 6 nitrogen and oxygen atoms in total. The number of carbonyl (C=O) groups excluding carboxylic acids is 1. The summed E-state index contributed by atoms with van der Waals surface area (Å²) in [6.07, 6.45) is 0. The van der Waals surface area contributed by atoms with E-state index in [0.29, 0.717) is 44.5 Å². The standard InChI is InChI=1S/C18H22N4O2/c1-13-3-5-15(6-4-13)12-19-18-20-14(2)11-16(21-18)17(23)22-7-9-24-10-8-22/h3-6,11H,7-10,12H2,1-2H3,(H,19,20,21). The van der Waals surface area contributed by atoms with Gasteiger partial charge in [-0.15, -0.1) is 0 Å². The summed E-state index contributed by atoms with van der Waals surface area (Å²) in [5, 5.41) is 3.20. The lowest BCUT2D eigenvalue weighted by Gasteiger charge is -2.26. The number of hydrogen-bond donors (Lipinski definition) is 1. The van der Waals surface area contributed by atoms with Crippen LogP contribution in [0.25, 0.3) is 0 Å². The third kappa shape index (κ3) is 4.08. The van der Waals surface area contributed by atoms with Gasteiger partial charge in [-0.1, -0.05) is 29.8 Å². The highest BCUT2D eigenvalue weighted by molar-refractivity contribution is 5.92. The van der Waals surface area contributed by atoms with Gasteiger partial charge >= 0.3 is 0 Å². The predicted molar refractivity (Wildman–Crippen MR) is 92.0 cm³/mol. The van der Waals surface area contributed by atoms with Crippen molar-refractivity contribution in [3.05, 3.63) is 52.8 Å².